The number of ether oxygens (including phenoxy) is 1. The summed E-state index contributed by atoms with van der Waals surface area (Å²) in [7, 11) is 1.57. The van der Waals surface area contributed by atoms with Gasteiger partial charge in [-0.25, -0.2) is 4.39 Å². The summed E-state index contributed by atoms with van der Waals surface area (Å²) in [5.41, 5.74) is -0.163. The van der Waals surface area contributed by atoms with Crippen LogP contribution in [0.5, 0.6) is 0 Å². The van der Waals surface area contributed by atoms with Crippen molar-refractivity contribution in [2.24, 2.45) is 5.41 Å². The molecule has 2 rings (SSSR count). The minimum absolute atomic E-state index is 0.116. The van der Waals surface area contributed by atoms with Crippen molar-refractivity contribution in [1.29, 1.82) is 5.26 Å². The third-order valence-corrected chi connectivity index (χ3v) is 3.81. The normalized spacial score (nSPS) is 17.0. The summed E-state index contributed by atoms with van der Waals surface area (Å²) in [5.74, 6) is -0.688. The topological polar surface area (TPSA) is 74.1 Å². The fourth-order valence-electron chi connectivity index (χ4n) is 2.59. The van der Waals surface area contributed by atoms with E-state index in [1.807, 2.05) is 6.07 Å². The van der Waals surface area contributed by atoms with Crippen LogP contribution in [0.15, 0.2) is 18.2 Å². The van der Waals surface area contributed by atoms with Gasteiger partial charge in [0.15, 0.2) is 0 Å². The smallest absolute Gasteiger partial charge is 0.233 e. The van der Waals surface area contributed by atoms with E-state index in [-0.39, 0.29) is 11.5 Å². The molecule has 5 nitrogen and oxygen atoms in total. The van der Waals surface area contributed by atoms with Crippen molar-refractivity contribution < 1.29 is 13.9 Å². The predicted octanol–water partition coefficient (Wildman–Crippen LogP) is 1.65. The van der Waals surface area contributed by atoms with Gasteiger partial charge in [-0.3, -0.25) is 4.79 Å². The molecule has 2 N–H and O–H groups in total. The molecular formula is C15H18FN3O2. The summed E-state index contributed by atoms with van der Waals surface area (Å²) in [6.45, 7) is 1.81. The van der Waals surface area contributed by atoms with Crippen LogP contribution in [-0.2, 0) is 9.53 Å². The second kappa shape index (κ2) is 6.66. The lowest BCUT2D eigenvalue weighted by Gasteiger charge is -2.35. The molecule has 0 radical (unpaired) electrons. The molecule has 0 saturated carbocycles. The monoisotopic (exact) mass is 291 g/mol. The van der Waals surface area contributed by atoms with Gasteiger partial charge >= 0.3 is 0 Å². The molecule has 1 saturated heterocycles. The molecule has 1 aliphatic heterocycles. The highest BCUT2D eigenvalue weighted by Gasteiger charge is 2.39. The van der Waals surface area contributed by atoms with E-state index in [0.29, 0.717) is 25.1 Å². The quantitative estimate of drug-likeness (QED) is 0.884. The Labute approximate surface area is 123 Å². The van der Waals surface area contributed by atoms with Crippen molar-refractivity contribution in [3.05, 3.63) is 29.6 Å². The van der Waals surface area contributed by atoms with E-state index < -0.39 is 11.2 Å². The van der Waals surface area contributed by atoms with E-state index in [1.54, 1.807) is 7.11 Å². The number of carbonyl (C=O) groups excluding carboxylic acids is 1. The summed E-state index contributed by atoms with van der Waals surface area (Å²) in [4.78, 5) is 12.6. The van der Waals surface area contributed by atoms with Crippen molar-refractivity contribution in [3.8, 4) is 6.07 Å². The van der Waals surface area contributed by atoms with E-state index in [0.717, 1.165) is 19.2 Å². The number of hydrogen-bond donors (Lipinski definition) is 2. The second-order valence-electron chi connectivity index (χ2n) is 5.22. The third kappa shape index (κ3) is 3.38. The lowest BCUT2D eigenvalue weighted by molar-refractivity contribution is -0.130. The SMILES string of the molecule is COCC1(C(=O)Nc2ccc(F)cc2C#N)CCNCC1. The van der Waals surface area contributed by atoms with Gasteiger partial charge in [0.05, 0.1) is 23.3 Å². The Bertz CT molecular complexity index is 557. The van der Waals surface area contributed by atoms with E-state index in [1.165, 1.54) is 12.1 Å². The number of hydrogen-bond acceptors (Lipinski definition) is 4. The summed E-state index contributed by atoms with van der Waals surface area (Å²) < 4.78 is 18.3. The van der Waals surface area contributed by atoms with E-state index in [9.17, 15) is 9.18 Å². The number of benzene rings is 1. The number of halogens is 1. The Hall–Kier alpha value is -1.97. The van der Waals surface area contributed by atoms with Crippen molar-refractivity contribution in [2.45, 2.75) is 12.8 Å². The lowest BCUT2D eigenvalue weighted by atomic mass is 9.78. The maximum absolute atomic E-state index is 13.1. The van der Waals surface area contributed by atoms with Crippen LogP contribution in [0.3, 0.4) is 0 Å². The minimum atomic E-state index is -0.610. The maximum atomic E-state index is 13.1. The number of nitrogens with one attached hydrogen (secondary N) is 2. The Morgan fingerprint density at radius 2 is 2.24 bits per heavy atom. The van der Waals surface area contributed by atoms with Crippen LogP contribution >= 0.6 is 0 Å². The molecule has 112 valence electrons. The molecule has 0 aliphatic carbocycles. The number of nitrogens with zero attached hydrogens (tertiary/aromatic N) is 1. The summed E-state index contributed by atoms with van der Waals surface area (Å²) in [5, 5.41) is 15.0. The molecule has 6 heteroatoms. The molecule has 1 fully saturated rings. The van der Waals surface area contributed by atoms with E-state index in [4.69, 9.17) is 10.00 Å². The molecule has 1 amide bonds. The van der Waals surface area contributed by atoms with Gasteiger partial charge in [-0.1, -0.05) is 0 Å². The molecular weight excluding hydrogens is 273 g/mol. The van der Waals surface area contributed by atoms with Crippen LogP contribution in [0.25, 0.3) is 0 Å². The van der Waals surface area contributed by atoms with Gasteiger partial charge in [0, 0.05) is 7.11 Å². The number of rotatable bonds is 4. The number of carbonyl (C=O) groups is 1. The molecule has 0 atom stereocenters. The zero-order valence-electron chi connectivity index (χ0n) is 11.9. The fourth-order valence-corrected chi connectivity index (χ4v) is 2.59. The van der Waals surface area contributed by atoms with Crippen LogP contribution in [0.4, 0.5) is 10.1 Å². The van der Waals surface area contributed by atoms with Crippen LogP contribution < -0.4 is 10.6 Å². The highest BCUT2D eigenvalue weighted by molar-refractivity contribution is 5.96. The van der Waals surface area contributed by atoms with Crippen LogP contribution in [0, 0.1) is 22.6 Å². The number of piperidine rings is 1. The fraction of sp³-hybridized carbons (Fsp3) is 0.467. The van der Waals surface area contributed by atoms with E-state index in [2.05, 4.69) is 10.6 Å². The summed E-state index contributed by atoms with van der Waals surface area (Å²) in [6.07, 6.45) is 1.32. The Morgan fingerprint density at radius 3 is 2.86 bits per heavy atom. The Balaban J connectivity index is 2.21. The molecule has 0 bridgehead atoms. The number of amides is 1. The van der Waals surface area contributed by atoms with Gasteiger partial charge in [0.25, 0.3) is 0 Å². The number of methoxy groups -OCH3 is 1. The molecule has 0 spiro atoms. The predicted molar refractivity (Wildman–Crippen MR) is 76.2 cm³/mol. The van der Waals surface area contributed by atoms with Crippen molar-refractivity contribution >= 4 is 11.6 Å². The highest BCUT2D eigenvalue weighted by atomic mass is 19.1. The Morgan fingerprint density at radius 1 is 1.52 bits per heavy atom. The minimum Gasteiger partial charge on any atom is -0.384 e. The van der Waals surface area contributed by atoms with Gasteiger partial charge < -0.3 is 15.4 Å². The molecule has 1 aliphatic rings. The average molecular weight is 291 g/mol. The van der Waals surface area contributed by atoms with E-state index >= 15 is 0 Å². The molecule has 0 unspecified atom stereocenters. The zero-order chi connectivity index (χ0) is 15.3. The Kier molecular flexibility index (Phi) is 4.89. The first-order valence-corrected chi connectivity index (χ1v) is 6.82. The standard InChI is InChI=1S/C15H18FN3O2/c1-21-10-15(4-6-18-7-5-15)14(20)19-13-3-2-12(16)8-11(13)9-17/h2-3,8,18H,4-7,10H2,1H3,(H,19,20). The zero-order valence-corrected chi connectivity index (χ0v) is 11.9. The highest BCUT2D eigenvalue weighted by Crippen LogP contribution is 2.31. The molecule has 0 aromatic heterocycles. The van der Waals surface area contributed by atoms with Crippen molar-refractivity contribution in [1.82, 2.24) is 5.32 Å². The molecule has 1 aromatic carbocycles. The first kappa shape index (κ1) is 15.4. The maximum Gasteiger partial charge on any atom is 0.233 e. The summed E-state index contributed by atoms with van der Waals surface area (Å²) in [6, 6.07) is 5.64. The second-order valence-corrected chi connectivity index (χ2v) is 5.22. The lowest BCUT2D eigenvalue weighted by Crippen LogP contribution is -2.47. The first-order chi connectivity index (χ1) is 10.1. The van der Waals surface area contributed by atoms with Gasteiger partial charge in [0.1, 0.15) is 11.9 Å². The molecule has 21 heavy (non-hydrogen) atoms. The third-order valence-electron chi connectivity index (χ3n) is 3.81. The number of nitriles is 1. The van der Waals surface area contributed by atoms with Gasteiger partial charge in [-0.15, -0.1) is 0 Å². The van der Waals surface area contributed by atoms with Crippen LogP contribution in [0.1, 0.15) is 18.4 Å². The first-order valence-electron chi connectivity index (χ1n) is 6.82. The van der Waals surface area contributed by atoms with Crippen molar-refractivity contribution in [2.75, 3.05) is 32.1 Å². The summed E-state index contributed by atoms with van der Waals surface area (Å²) >= 11 is 0. The van der Waals surface area contributed by atoms with Gasteiger partial charge in [-0.2, -0.15) is 5.26 Å². The molecule has 1 aromatic rings. The van der Waals surface area contributed by atoms with Crippen LogP contribution in [0.2, 0.25) is 0 Å². The number of anilines is 1. The average Bonchev–Trinajstić information content (AvgIpc) is 2.50. The largest absolute Gasteiger partial charge is 0.384 e. The van der Waals surface area contributed by atoms with Crippen LogP contribution in [-0.4, -0.2) is 32.7 Å². The van der Waals surface area contributed by atoms with Gasteiger partial charge in [0.2, 0.25) is 5.91 Å². The van der Waals surface area contributed by atoms with Crippen molar-refractivity contribution in [3.63, 3.8) is 0 Å². The molecule has 1 heterocycles. The van der Waals surface area contributed by atoms with Gasteiger partial charge in [-0.05, 0) is 44.1 Å².